The molecule has 26 heavy (non-hydrogen) atoms. The van der Waals surface area contributed by atoms with E-state index >= 15 is 0 Å². The molecule has 3 aromatic rings. The van der Waals surface area contributed by atoms with Gasteiger partial charge in [-0.15, -0.1) is 0 Å². The van der Waals surface area contributed by atoms with Crippen molar-refractivity contribution in [3.8, 4) is 17.0 Å². The Morgan fingerprint density at radius 3 is 2.65 bits per heavy atom. The molecule has 0 aliphatic heterocycles. The normalized spacial score (nSPS) is 10.5. The number of hydrogen-bond acceptors (Lipinski definition) is 5. The number of aromatic carboxylic acids is 1. The average molecular weight is 368 g/mol. The van der Waals surface area contributed by atoms with E-state index in [-0.39, 0.29) is 11.1 Å². The summed E-state index contributed by atoms with van der Waals surface area (Å²) >= 11 is 1.34. The van der Waals surface area contributed by atoms with Gasteiger partial charge in [-0.3, -0.25) is 4.79 Å². The number of ether oxygens (including phenoxy) is 1. The van der Waals surface area contributed by atoms with Gasteiger partial charge in [-0.2, -0.15) is 0 Å². The van der Waals surface area contributed by atoms with E-state index in [0.29, 0.717) is 16.6 Å². The molecule has 0 saturated carbocycles. The van der Waals surface area contributed by atoms with Crippen LogP contribution in [0.15, 0.2) is 64.5 Å². The Morgan fingerprint density at radius 1 is 1.19 bits per heavy atom. The SMILES string of the molecule is COc1ccc(-c2cc(=O)[nH]c(SCc3cccc(C(=O)O)c3)n2)cc1. The maximum atomic E-state index is 12.0. The summed E-state index contributed by atoms with van der Waals surface area (Å²) in [6.07, 6.45) is 0. The van der Waals surface area contributed by atoms with Crippen molar-refractivity contribution in [2.24, 2.45) is 0 Å². The second-order valence-corrected chi connectivity index (χ2v) is 6.42. The van der Waals surface area contributed by atoms with Gasteiger partial charge in [0.15, 0.2) is 5.16 Å². The quantitative estimate of drug-likeness (QED) is 0.511. The van der Waals surface area contributed by atoms with Crippen LogP contribution in [0.3, 0.4) is 0 Å². The summed E-state index contributed by atoms with van der Waals surface area (Å²) in [6.45, 7) is 0. The molecule has 0 radical (unpaired) electrons. The predicted octanol–water partition coefficient (Wildman–Crippen LogP) is 3.44. The van der Waals surface area contributed by atoms with Crippen LogP contribution in [-0.2, 0) is 5.75 Å². The molecule has 0 spiro atoms. The second kappa shape index (κ2) is 7.88. The third kappa shape index (κ3) is 4.31. The molecule has 2 aromatic carbocycles. The second-order valence-electron chi connectivity index (χ2n) is 5.46. The third-order valence-corrected chi connectivity index (χ3v) is 4.60. The van der Waals surface area contributed by atoms with Crippen LogP contribution in [0.1, 0.15) is 15.9 Å². The van der Waals surface area contributed by atoms with Crippen LogP contribution in [-0.4, -0.2) is 28.2 Å². The van der Waals surface area contributed by atoms with Crippen molar-refractivity contribution in [3.05, 3.63) is 76.1 Å². The molecule has 7 heteroatoms. The number of benzene rings is 2. The van der Waals surface area contributed by atoms with E-state index in [2.05, 4.69) is 9.97 Å². The molecule has 0 atom stereocenters. The van der Waals surface area contributed by atoms with E-state index in [1.807, 2.05) is 30.3 Å². The minimum Gasteiger partial charge on any atom is -0.497 e. The predicted molar refractivity (Wildman–Crippen MR) is 99.8 cm³/mol. The highest BCUT2D eigenvalue weighted by atomic mass is 32.2. The number of nitrogens with one attached hydrogen (secondary N) is 1. The lowest BCUT2D eigenvalue weighted by atomic mass is 10.1. The first-order valence-corrected chi connectivity index (χ1v) is 8.74. The highest BCUT2D eigenvalue weighted by molar-refractivity contribution is 7.98. The molecule has 2 N–H and O–H groups in total. The average Bonchev–Trinajstić information content (AvgIpc) is 2.66. The monoisotopic (exact) mass is 368 g/mol. The fourth-order valence-electron chi connectivity index (χ4n) is 2.36. The first-order valence-electron chi connectivity index (χ1n) is 7.76. The number of nitrogens with zero attached hydrogens (tertiary/aromatic N) is 1. The van der Waals surface area contributed by atoms with Gasteiger partial charge in [0.2, 0.25) is 0 Å². The van der Waals surface area contributed by atoms with Gasteiger partial charge in [-0.25, -0.2) is 9.78 Å². The van der Waals surface area contributed by atoms with Gasteiger partial charge in [-0.1, -0.05) is 23.9 Å². The topological polar surface area (TPSA) is 92.3 Å². The molecule has 0 fully saturated rings. The number of aromatic nitrogens is 2. The summed E-state index contributed by atoms with van der Waals surface area (Å²) in [4.78, 5) is 30.2. The summed E-state index contributed by atoms with van der Waals surface area (Å²) in [7, 11) is 1.59. The van der Waals surface area contributed by atoms with Gasteiger partial charge in [0, 0.05) is 17.4 Å². The standard InChI is InChI=1S/C19H16N2O4S/c1-25-15-7-5-13(6-8-15)16-10-17(22)21-19(20-16)26-11-12-3-2-4-14(9-12)18(23)24/h2-10H,11H2,1H3,(H,23,24)(H,20,21,22). The van der Waals surface area contributed by atoms with Crippen molar-refractivity contribution in [2.75, 3.05) is 7.11 Å². The highest BCUT2D eigenvalue weighted by Gasteiger charge is 2.07. The number of methoxy groups -OCH3 is 1. The van der Waals surface area contributed by atoms with Crippen LogP contribution in [0.25, 0.3) is 11.3 Å². The maximum absolute atomic E-state index is 12.0. The van der Waals surface area contributed by atoms with Crippen molar-refractivity contribution >= 4 is 17.7 Å². The summed E-state index contributed by atoms with van der Waals surface area (Å²) in [5.41, 5.74) is 2.21. The maximum Gasteiger partial charge on any atom is 0.335 e. The molecule has 0 aliphatic carbocycles. The zero-order valence-electron chi connectivity index (χ0n) is 13.9. The van der Waals surface area contributed by atoms with Crippen molar-refractivity contribution in [2.45, 2.75) is 10.9 Å². The number of hydrogen-bond donors (Lipinski definition) is 2. The molecule has 1 aromatic heterocycles. The summed E-state index contributed by atoms with van der Waals surface area (Å²) < 4.78 is 5.13. The highest BCUT2D eigenvalue weighted by Crippen LogP contribution is 2.23. The lowest BCUT2D eigenvalue weighted by Gasteiger charge is -2.06. The van der Waals surface area contributed by atoms with Crippen LogP contribution >= 0.6 is 11.8 Å². The number of aromatic amines is 1. The van der Waals surface area contributed by atoms with E-state index < -0.39 is 5.97 Å². The molecule has 0 aliphatic rings. The van der Waals surface area contributed by atoms with Crippen LogP contribution in [0.5, 0.6) is 5.75 Å². The Kier molecular flexibility index (Phi) is 5.38. The molecule has 3 rings (SSSR count). The lowest BCUT2D eigenvalue weighted by molar-refractivity contribution is 0.0697. The Balaban J connectivity index is 1.80. The molecule has 0 unspecified atom stereocenters. The molecule has 1 heterocycles. The molecule has 0 amide bonds. The molecule has 132 valence electrons. The van der Waals surface area contributed by atoms with Gasteiger partial charge in [0.05, 0.1) is 18.4 Å². The molecule has 0 saturated heterocycles. The van der Waals surface area contributed by atoms with Crippen molar-refractivity contribution in [1.82, 2.24) is 9.97 Å². The number of thioether (sulfide) groups is 1. The Bertz CT molecular complexity index is 983. The number of carbonyl (C=O) groups is 1. The van der Waals surface area contributed by atoms with E-state index in [1.54, 1.807) is 25.3 Å². The van der Waals surface area contributed by atoms with E-state index in [0.717, 1.165) is 16.9 Å². The zero-order valence-corrected chi connectivity index (χ0v) is 14.7. The molecular formula is C19H16N2O4S. The Hall–Kier alpha value is -3.06. The molecular weight excluding hydrogens is 352 g/mol. The number of rotatable bonds is 6. The number of carboxylic acids is 1. The Morgan fingerprint density at radius 2 is 1.96 bits per heavy atom. The van der Waals surface area contributed by atoms with E-state index in [4.69, 9.17) is 9.84 Å². The summed E-state index contributed by atoms with van der Waals surface area (Å²) in [6, 6.07) is 15.4. The van der Waals surface area contributed by atoms with E-state index in [9.17, 15) is 9.59 Å². The van der Waals surface area contributed by atoms with Crippen LogP contribution in [0.4, 0.5) is 0 Å². The minimum absolute atomic E-state index is 0.233. The first kappa shape index (κ1) is 17.8. The van der Waals surface area contributed by atoms with Crippen LogP contribution < -0.4 is 10.3 Å². The summed E-state index contributed by atoms with van der Waals surface area (Å²) in [5.74, 6) is 0.257. The van der Waals surface area contributed by atoms with Crippen molar-refractivity contribution in [3.63, 3.8) is 0 Å². The first-order chi connectivity index (χ1) is 12.5. The fourth-order valence-corrected chi connectivity index (χ4v) is 3.18. The molecule has 0 bridgehead atoms. The van der Waals surface area contributed by atoms with E-state index in [1.165, 1.54) is 17.8 Å². The summed E-state index contributed by atoms with van der Waals surface area (Å²) in [5, 5.41) is 9.53. The third-order valence-electron chi connectivity index (χ3n) is 3.66. The minimum atomic E-state index is -0.968. The van der Waals surface area contributed by atoms with Gasteiger partial charge < -0.3 is 14.8 Å². The smallest absolute Gasteiger partial charge is 0.335 e. The number of H-pyrrole nitrogens is 1. The zero-order chi connectivity index (χ0) is 18.5. The van der Waals surface area contributed by atoms with Crippen molar-refractivity contribution in [1.29, 1.82) is 0 Å². The van der Waals surface area contributed by atoms with Gasteiger partial charge in [0.25, 0.3) is 5.56 Å². The van der Waals surface area contributed by atoms with Crippen LogP contribution in [0, 0.1) is 0 Å². The fraction of sp³-hybridized carbons (Fsp3) is 0.105. The van der Waals surface area contributed by atoms with Crippen molar-refractivity contribution < 1.29 is 14.6 Å². The Labute approximate surface area is 153 Å². The van der Waals surface area contributed by atoms with Gasteiger partial charge >= 0.3 is 5.97 Å². The lowest BCUT2D eigenvalue weighted by Crippen LogP contribution is -2.08. The largest absolute Gasteiger partial charge is 0.497 e. The van der Waals surface area contributed by atoms with Crippen LogP contribution in [0.2, 0.25) is 0 Å². The van der Waals surface area contributed by atoms with Gasteiger partial charge in [-0.05, 0) is 42.0 Å². The van der Waals surface area contributed by atoms with Gasteiger partial charge in [0.1, 0.15) is 5.75 Å². The molecule has 6 nitrogen and oxygen atoms in total. The number of carboxylic acid groups (broad SMARTS) is 1.